The number of carbonyl (C=O) groups is 2. The molecule has 0 radical (unpaired) electrons. The molecule has 114 valence electrons. The van der Waals surface area contributed by atoms with Crippen LogP contribution in [-0.2, 0) is 4.79 Å². The Hall–Kier alpha value is -1.84. The van der Waals surface area contributed by atoms with Gasteiger partial charge in [-0.05, 0) is 50.5 Å². The molecule has 0 heterocycles. The Bertz CT molecular complexity index is 475. The summed E-state index contributed by atoms with van der Waals surface area (Å²) in [5.41, 5.74) is 0.679. The minimum Gasteiger partial charge on any atom is -0.494 e. The summed E-state index contributed by atoms with van der Waals surface area (Å²) in [6, 6.07) is 7.47. The van der Waals surface area contributed by atoms with E-state index in [0.29, 0.717) is 31.1 Å². The molecular formula is C17H23NO3. The minimum atomic E-state index is 0.0464. The lowest BCUT2D eigenvalue weighted by Gasteiger charge is -2.12. The van der Waals surface area contributed by atoms with Gasteiger partial charge in [-0.3, -0.25) is 9.59 Å². The van der Waals surface area contributed by atoms with Gasteiger partial charge in [0.15, 0.2) is 5.78 Å². The van der Waals surface area contributed by atoms with Crippen molar-refractivity contribution in [2.45, 2.75) is 51.5 Å². The highest BCUT2D eigenvalue weighted by molar-refractivity contribution is 5.94. The highest BCUT2D eigenvalue weighted by atomic mass is 16.5. The number of carbonyl (C=O) groups excluding carboxylic acids is 2. The summed E-state index contributed by atoms with van der Waals surface area (Å²) in [5.74, 6) is 0.902. The minimum absolute atomic E-state index is 0.0464. The Morgan fingerprint density at radius 2 is 1.86 bits per heavy atom. The second kappa shape index (κ2) is 7.81. The van der Waals surface area contributed by atoms with Crippen LogP contribution in [-0.4, -0.2) is 24.3 Å². The lowest BCUT2D eigenvalue weighted by molar-refractivity contribution is -0.122. The summed E-state index contributed by atoms with van der Waals surface area (Å²) >= 11 is 0. The topological polar surface area (TPSA) is 55.4 Å². The lowest BCUT2D eigenvalue weighted by Crippen LogP contribution is -2.32. The van der Waals surface area contributed by atoms with Crippen LogP contribution in [0.5, 0.6) is 5.75 Å². The molecule has 1 N–H and O–H groups in total. The monoisotopic (exact) mass is 289 g/mol. The second-order valence-electron chi connectivity index (χ2n) is 5.58. The van der Waals surface area contributed by atoms with Gasteiger partial charge in [-0.2, -0.15) is 0 Å². The number of nitrogens with one attached hydrogen (secondary N) is 1. The number of hydrogen-bond acceptors (Lipinski definition) is 3. The van der Waals surface area contributed by atoms with Crippen LogP contribution < -0.4 is 10.1 Å². The van der Waals surface area contributed by atoms with Gasteiger partial charge < -0.3 is 10.1 Å². The Morgan fingerprint density at radius 1 is 1.19 bits per heavy atom. The van der Waals surface area contributed by atoms with Crippen LogP contribution >= 0.6 is 0 Å². The molecule has 0 atom stereocenters. The van der Waals surface area contributed by atoms with E-state index in [2.05, 4.69) is 5.32 Å². The number of rotatable bonds is 7. The first kappa shape index (κ1) is 15.5. The fourth-order valence-electron chi connectivity index (χ4n) is 2.58. The van der Waals surface area contributed by atoms with Gasteiger partial charge in [0.1, 0.15) is 5.75 Å². The number of amides is 1. The Morgan fingerprint density at radius 3 is 2.48 bits per heavy atom. The van der Waals surface area contributed by atoms with Crippen LogP contribution in [0.4, 0.5) is 0 Å². The fourth-order valence-corrected chi connectivity index (χ4v) is 2.58. The number of ether oxygens (including phenoxy) is 1. The van der Waals surface area contributed by atoms with Crippen molar-refractivity contribution >= 4 is 11.7 Å². The molecule has 1 aliphatic rings. The normalized spacial score (nSPS) is 14.9. The van der Waals surface area contributed by atoms with E-state index < -0.39 is 0 Å². The molecule has 1 amide bonds. The highest BCUT2D eigenvalue weighted by Crippen LogP contribution is 2.17. The first-order chi connectivity index (χ1) is 10.1. The summed E-state index contributed by atoms with van der Waals surface area (Å²) in [5, 5.41) is 3.07. The van der Waals surface area contributed by atoms with Gasteiger partial charge in [0.2, 0.25) is 5.91 Å². The van der Waals surface area contributed by atoms with Crippen LogP contribution in [0, 0.1) is 0 Å². The van der Waals surface area contributed by atoms with E-state index in [0.717, 1.165) is 18.6 Å². The van der Waals surface area contributed by atoms with Crippen molar-refractivity contribution < 1.29 is 14.3 Å². The van der Waals surface area contributed by atoms with Crippen molar-refractivity contribution in [3.8, 4) is 5.75 Å². The predicted molar refractivity (Wildman–Crippen MR) is 81.6 cm³/mol. The molecule has 0 bridgehead atoms. The van der Waals surface area contributed by atoms with E-state index in [9.17, 15) is 9.59 Å². The molecule has 21 heavy (non-hydrogen) atoms. The molecular weight excluding hydrogens is 266 g/mol. The second-order valence-corrected chi connectivity index (χ2v) is 5.58. The Labute approximate surface area is 125 Å². The zero-order valence-electron chi connectivity index (χ0n) is 12.6. The molecule has 0 unspecified atom stereocenters. The molecule has 0 saturated heterocycles. The van der Waals surface area contributed by atoms with E-state index in [4.69, 9.17) is 4.74 Å². The number of hydrogen-bond donors (Lipinski definition) is 1. The summed E-state index contributed by atoms with van der Waals surface area (Å²) in [7, 11) is 0. The van der Waals surface area contributed by atoms with Gasteiger partial charge in [0.25, 0.3) is 0 Å². The molecule has 0 spiro atoms. The number of Topliss-reactive ketones (excluding diaryl/α,β-unsaturated/α-hetero) is 1. The molecule has 4 heteroatoms. The van der Waals surface area contributed by atoms with Gasteiger partial charge in [-0.15, -0.1) is 0 Å². The third-order valence-electron chi connectivity index (χ3n) is 3.80. The average Bonchev–Trinajstić information content (AvgIpc) is 2.97. The molecule has 1 aromatic rings. The Balaban J connectivity index is 1.62. The maximum absolute atomic E-state index is 11.7. The molecule has 0 aromatic heterocycles. The van der Waals surface area contributed by atoms with E-state index >= 15 is 0 Å². The number of ketones is 1. The van der Waals surface area contributed by atoms with Crippen molar-refractivity contribution in [2.75, 3.05) is 6.61 Å². The Kier molecular flexibility index (Phi) is 5.78. The largest absolute Gasteiger partial charge is 0.494 e. The SMILES string of the molecule is CC(=O)c1ccc(OCCCC(=O)NC2CCCC2)cc1. The summed E-state index contributed by atoms with van der Waals surface area (Å²) < 4.78 is 5.57. The van der Waals surface area contributed by atoms with Gasteiger partial charge in [0.05, 0.1) is 6.61 Å². The quantitative estimate of drug-likeness (QED) is 0.620. The molecule has 1 aromatic carbocycles. The van der Waals surface area contributed by atoms with E-state index in [1.807, 2.05) is 0 Å². The smallest absolute Gasteiger partial charge is 0.220 e. The van der Waals surface area contributed by atoms with E-state index in [1.165, 1.54) is 12.8 Å². The highest BCUT2D eigenvalue weighted by Gasteiger charge is 2.16. The zero-order chi connectivity index (χ0) is 15.1. The predicted octanol–water partition coefficient (Wildman–Crippen LogP) is 3.11. The maximum Gasteiger partial charge on any atom is 0.220 e. The van der Waals surface area contributed by atoms with Crippen LogP contribution in [0.25, 0.3) is 0 Å². The van der Waals surface area contributed by atoms with Crippen molar-refractivity contribution in [1.29, 1.82) is 0 Å². The summed E-state index contributed by atoms with van der Waals surface area (Å²) in [6.07, 6.45) is 5.89. The molecule has 1 aliphatic carbocycles. The zero-order valence-corrected chi connectivity index (χ0v) is 12.6. The van der Waals surface area contributed by atoms with Crippen molar-refractivity contribution in [3.05, 3.63) is 29.8 Å². The average molecular weight is 289 g/mol. The molecule has 1 fully saturated rings. The van der Waals surface area contributed by atoms with E-state index in [-0.39, 0.29) is 11.7 Å². The van der Waals surface area contributed by atoms with E-state index in [1.54, 1.807) is 31.2 Å². The third kappa shape index (κ3) is 5.21. The lowest BCUT2D eigenvalue weighted by atomic mass is 10.1. The van der Waals surface area contributed by atoms with Gasteiger partial charge >= 0.3 is 0 Å². The molecule has 0 aliphatic heterocycles. The third-order valence-corrected chi connectivity index (χ3v) is 3.80. The summed E-state index contributed by atoms with van der Waals surface area (Å²) in [4.78, 5) is 22.9. The van der Waals surface area contributed by atoms with Crippen LogP contribution in [0.1, 0.15) is 55.8 Å². The molecule has 4 nitrogen and oxygen atoms in total. The molecule has 2 rings (SSSR count). The molecule has 1 saturated carbocycles. The van der Waals surface area contributed by atoms with Crippen LogP contribution in [0.15, 0.2) is 24.3 Å². The maximum atomic E-state index is 11.7. The van der Waals surface area contributed by atoms with Crippen molar-refractivity contribution in [1.82, 2.24) is 5.32 Å². The van der Waals surface area contributed by atoms with Crippen LogP contribution in [0.3, 0.4) is 0 Å². The van der Waals surface area contributed by atoms with Gasteiger partial charge in [-0.1, -0.05) is 12.8 Å². The summed E-state index contributed by atoms with van der Waals surface area (Å²) in [6.45, 7) is 2.05. The van der Waals surface area contributed by atoms with Crippen molar-refractivity contribution in [2.24, 2.45) is 0 Å². The van der Waals surface area contributed by atoms with Crippen LogP contribution in [0.2, 0.25) is 0 Å². The first-order valence-electron chi connectivity index (χ1n) is 7.68. The first-order valence-corrected chi connectivity index (χ1v) is 7.68. The number of benzene rings is 1. The fraction of sp³-hybridized carbons (Fsp3) is 0.529. The van der Waals surface area contributed by atoms with Gasteiger partial charge in [0, 0.05) is 18.0 Å². The van der Waals surface area contributed by atoms with Gasteiger partial charge in [-0.25, -0.2) is 0 Å². The standard InChI is InChI=1S/C17H23NO3/c1-13(19)14-8-10-16(11-9-14)21-12-4-7-17(20)18-15-5-2-3-6-15/h8-11,15H,2-7,12H2,1H3,(H,18,20). The van der Waals surface area contributed by atoms with Crippen molar-refractivity contribution in [3.63, 3.8) is 0 Å².